The van der Waals surface area contributed by atoms with Gasteiger partial charge in [-0.3, -0.25) is 14.5 Å². The molecule has 1 fully saturated rings. The average molecular weight is 525 g/mol. The number of aromatic nitrogens is 1. The summed E-state index contributed by atoms with van der Waals surface area (Å²) >= 11 is 1.20. The van der Waals surface area contributed by atoms with Gasteiger partial charge in [-0.05, 0) is 45.2 Å². The van der Waals surface area contributed by atoms with Crippen LogP contribution in [-0.4, -0.2) is 83.0 Å². The molecule has 5 atom stereocenters. The largest absolute Gasteiger partial charge is 0.461 e. The first-order valence-corrected chi connectivity index (χ1v) is 14.0. The number of likely N-dealkylation sites (tertiary alicyclic amines) is 1. The highest BCUT2D eigenvalue weighted by molar-refractivity contribution is 7.09. The SMILES string of the molecule is CCOC(=O)c1csc([C@H](O)C[C@H](C(C)CC)N(C)C(=O)[C@@H](NC(=O)[C@H]2CCCCN2C)C(C)C)n1. The third-order valence-electron chi connectivity index (χ3n) is 7.21. The van der Waals surface area contributed by atoms with E-state index < -0.39 is 18.1 Å². The molecule has 1 unspecified atom stereocenters. The Balaban J connectivity index is 2.16. The molecule has 0 aliphatic carbocycles. The third kappa shape index (κ3) is 7.73. The molecule has 1 saturated heterocycles. The molecule has 204 valence electrons. The number of carbonyl (C=O) groups is 3. The molecule has 1 aromatic heterocycles. The summed E-state index contributed by atoms with van der Waals surface area (Å²) in [7, 11) is 3.69. The first-order valence-electron chi connectivity index (χ1n) is 13.1. The minimum Gasteiger partial charge on any atom is -0.461 e. The molecule has 2 N–H and O–H groups in total. The van der Waals surface area contributed by atoms with E-state index in [2.05, 4.69) is 15.2 Å². The van der Waals surface area contributed by atoms with Crippen LogP contribution in [0.1, 0.15) is 88.3 Å². The third-order valence-corrected chi connectivity index (χ3v) is 8.15. The number of thiazole rings is 1. The van der Waals surface area contributed by atoms with Crippen molar-refractivity contribution in [2.75, 3.05) is 27.2 Å². The molecule has 0 aromatic carbocycles. The molecule has 1 aliphatic rings. The van der Waals surface area contributed by atoms with Crippen LogP contribution < -0.4 is 5.32 Å². The Hall–Kier alpha value is -2.04. The standard InChI is InChI=1S/C26H44N4O5S/c1-8-17(5)20(14-21(31)24-27-18(15-36-24)26(34)35-9-2)30(7)25(33)22(16(3)4)28-23(32)19-12-10-11-13-29(19)6/h15-17,19-22,31H,8-14H2,1-7H3,(H,28,32)/t17?,19-,20-,21-,22+/m1/s1. The minimum atomic E-state index is -0.935. The van der Waals surface area contributed by atoms with Crippen LogP contribution in [0.4, 0.5) is 0 Å². The van der Waals surface area contributed by atoms with Gasteiger partial charge in [-0.15, -0.1) is 11.3 Å². The molecule has 0 saturated carbocycles. The summed E-state index contributed by atoms with van der Waals surface area (Å²) in [5, 5.41) is 16.0. The number of aliphatic hydroxyl groups excluding tert-OH is 1. The van der Waals surface area contributed by atoms with Crippen molar-refractivity contribution in [3.8, 4) is 0 Å². The maximum absolute atomic E-state index is 13.7. The predicted octanol–water partition coefficient (Wildman–Crippen LogP) is 3.24. The number of likely N-dealkylation sites (N-methyl/N-ethyl adjacent to an activating group) is 2. The second kappa shape index (κ2) is 14.0. The fraction of sp³-hybridized carbons (Fsp3) is 0.769. The summed E-state index contributed by atoms with van der Waals surface area (Å²) in [6.45, 7) is 10.8. The van der Waals surface area contributed by atoms with Crippen molar-refractivity contribution < 1.29 is 24.2 Å². The summed E-state index contributed by atoms with van der Waals surface area (Å²) in [5.41, 5.74) is 0.177. The summed E-state index contributed by atoms with van der Waals surface area (Å²) in [4.78, 5) is 46.7. The van der Waals surface area contributed by atoms with Gasteiger partial charge in [-0.1, -0.05) is 40.5 Å². The summed E-state index contributed by atoms with van der Waals surface area (Å²) in [6, 6.07) is -1.15. The Morgan fingerprint density at radius 2 is 1.97 bits per heavy atom. The van der Waals surface area contributed by atoms with Crippen molar-refractivity contribution in [2.45, 2.75) is 91.0 Å². The molecule has 9 nitrogen and oxygen atoms in total. The van der Waals surface area contributed by atoms with Crippen molar-refractivity contribution in [1.82, 2.24) is 20.1 Å². The van der Waals surface area contributed by atoms with Crippen LogP contribution in [0.15, 0.2) is 5.38 Å². The molecule has 0 spiro atoms. The van der Waals surface area contributed by atoms with Crippen molar-refractivity contribution in [1.29, 1.82) is 0 Å². The number of esters is 1. The smallest absolute Gasteiger partial charge is 0.357 e. The van der Waals surface area contributed by atoms with Crippen LogP contribution >= 0.6 is 11.3 Å². The van der Waals surface area contributed by atoms with Gasteiger partial charge in [0, 0.05) is 24.9 Å². The number of nitrogens with zero attached hydrogens (tertiary/aromatic N) is 3. The van der Waals surface area contributed by atoms with Gasteiger partial charge < -0.3 is 20.1 Å². The lowest BCUT2D eigenvalue weighted by Gasteiger charge is -2.38. The molecule has 2 rings (SSSR count). The normalized spacial score (nSPS) is 19.9. The Kier molecular flexibility index (Phi) is 11.8. The van der Waals surface area contributed by atoms with Gasteiger partial charge in [-0.25, -0.2) is 9.78 Å². The maximum atomic E-state index is 13.7. The van der Waals surface area contributed by atoms with Crippen molar-refractivity contribution >= 4 is 29.1 Å². The van der Waals surface area contributed by atoms with E-state index in [4.69, 9.17) is 4.74 Å². The number of rotatable bonds is 12. The molecule has 2 heterocycles. The second-order valence-electron chi connectivity index (χ2n) is 10.2. The van der Waals surface area contributed by atoms with Gasteiger partial charge in [-0.2, -0.15) is 0 Å². The van der Waals surface area contributed by atoms with E-state index >= 15 is 0 Å². The Labute approximate surface area is 219 Å². The highest BCUT2D eigenvalue weighted by Gasteiger charge is 2.36. The number of amides is 2. The number of hydrogen-bond acceptors (Lipinski definition) is 8. The van der Waals surface area contributed by atoms with Crippen LogP contribution in [0.3, 0.4) is 0 Å². The zero-order valence-corrected chi connectivity index (χ0v) is 23.6. The first kappa shape index (κ1) is 30.2. The average Bonchev–Trinajstić information content (AvgIpc) is 3.35. The maximum Gasteiger partial charge on any atom is 0.357 e. The number of carbonyl (C=O) groups excluding carboxylic acids is 3. The zero-order valence-electron chi connectivity index (χ0n) is 22.8. The lowest BCUT2D eigenvalue weighted by molar-refractivity contribution is -0.141. The molecule has 10 heteroatoms. The molecule has 1 aliphatic heterocycles. The van der Waals surface area contributed by atoms with E-state index in [0.29, 0.717) is 5.01 Å². The highest BCUT2D eigenvalue weighted by Crippen LogP contribution is 2.29. The summed E-state index contributed by atoms with van der Waals surface area (Å²) < 4.78 is 4.99. The number of piperidine rings is 1. The van der Waals surface area contributed by atoms with E-state index in [-0.39, 0.29) is 54.5 Å². The topological polar surface area (TPSA) is 112 Å². The van der Waals surface area contributed by atoms with Crippen LogP contribution in [0.25, 0.3) is 0 Å². The second-order valence-corrected chi connectivity index (χ2v) is 11.1. The number of hydrogen-bond donors (Lipinski definition) is 2. The molecular weight excluding hydrogens is 480 g/mol. The lowest BCUT2D eigenvalue weighted by Crippen LogP contribution is -2.57. The molecule has 0 bridgehead atoms. The first-order chi connectivity index (χ1) is 17.0. The minimum absolute atomic E-state index is 0.0913. The quantitative estimate of drug-likeness (QED) is 0.404. The van der Waals surface area contributed by atoms with Crippen LogP contribution in [0, 0.1) is 11.8 Å². The molecule has 1 aromatic rings. The highest BCUT2D eigenvalue weighted by atomic mass is 32.1. The van der Waals surface area contributed by atoms with E-state index in [1.165, 1.54) is 11.3 Å². The number of nitrogens with one attached hydrogen (secondary N) is 1. The Morgan fingerprint density at radius 1 is 1.28 bits per heavy atom. The van der Waals surface area contributed by atoms with E-state index in [9.17, 15) is 19.5 Å². The fourth-order valence-corrected chi connectivity index (χ4v) is 5.45. The molecule has 2 amide bonds. The van der Waals surface area contributed by atoms with Gasteiger partial charge >= 0.3 is 5.97 Å². The van der Waals surface area contributed by atoms with Crippen LogP contribution in [0.5, 0.6) is 0 Å². The van der Waals surface area contributed by atoms with E-state index in [1.807, 2.05) is 34.7 Å². The van der Waals surface area contributed by atoms with Crippen LogP contribution in [-0.2, 0) is 14.3 Å². The Bertz CT molecular complexity index is 876. The van der Waals surface area contributed by atoms with Crippen molar-refractivity contribution in [3.05, 3.63) is 16.1 Å². The van der Waals surface area contributed by atoms with Crippen molar-refractivity contribution in [3.63, 3.8) is 0 Å². The van der Waals surface area contributed by atoms with E-state index in [1.54, 1.807) is 24.3 Å². The number of aliphatic hydroxyl groups is 1. The fourth-order valence-electron chi connectivity index (χ4n) is 4.67. The van der Waals surface area contributed by atoms with Gasteiger partial charge in [0.05, 0.1) is 12.6 Å². The van der Waals surface area contributed by atoms with Gasteiger partial charge in [0.15, 0.2) is 5.69 Å². The van der Waals surface area contributed by atoms with Crippen molar-refractivity contribution in [2.24, 2.45) is 11.8 Å². The van der Waals surface area contributed by atoms with Gasteiger partial charge in [0.25, 0.3) is 0 Å². The Morgan fingerprint density at radius 3 is 2.56 bits per heavy atom. The molecular formula is C26H44N4O5S. The molecule has 36 heavy (non-hydrogen) atoms. The molecule has 0 radical (unpaired) electrons. The summed E-state index contributed by atoms with van der Waals surface area (Å²) in [5.74, 6) is -0.776. The monoisotopic (exact) mass is 524 g/mol. The van der Waals surface area contributed by atoms with Gasteiger partial charge in [0.1, 0.15) is 17.2 Å². The zero-order chi connectivity index (χ0) is 27.0. The predicted molar refractivity (Wildman–Crippen MR) is 141 cm³/mol. The van der Waals surface area contributed by atoms with E-state index in [0.717, 1.165) is 32.2 Å². The summed E-state index contributed by atoms with van der Waals surface area (Å²) in [6.07, 6.45) is 3.03. The van der Waals surface area contributed by atoms with Crippen LogP contribution in [0.2, 0.25) is 0 Å². The van der Waals surface area contributed by atoms with Gasteiger partial charge in [0.2, 0.25) is 11.8 Å². The number of ether oxygens (including phenoxy) is 1. The lowest BCUT2D eigenvalue weighted by atomic mass is 9.91.